The molecule has 3 rings (SSSR count). The lowest BCUT2D eigenvalue weighted by atomic mass is 10.2. The summed E-state index contributed by atoms with van der Waals surface area (Å²) in [5.74, 6) is 0.119. The van der Waals surface area contributed by atoms with Crippen LogP contribution in [0.5, 0.6) is 0 Å². The Morgan fingerprint density at radius 2 is 1.80 bits per heavy atom. The summed E-state index contributed by atoms with van der Waals surface area (Å²) in [6, 6.07) is 8.98. The van der Waals surface area contributed by atoms with Crippen LogP contribution in [0.1, 0.15) is 24.8 Å². The number of hydrogen-bond acceptors (Lipinski definition) is 5. The second-order valence-corrected chi connectivity index (χ2v) is 7.70. The highest BCUT2D eigenvalue weighted by Gasteiger charge is 2.25. The maximum atomic E-state index is 12.8. The van der Waals surface area contributed by atoms with Gasteiger partial charge in [0.1, 0.15) is 16.5 Å². The zero-order chi connectivity index (χ0) is 17.7. The monoisotopic (exact) mass is 362 g/mol. The number of aromatic nitrogens is 1. The molecule has 0 radical (unpaired) electrons. The van der Waals surface area contributed by atoms with Crippen LogP contribution in [0.15, 0.2) is 52.6 Å². The van der Waals surface area contributed by atoms with Gasteiger partial charge in [-0.05, 0) is 42.7 Å². The second kappa shape index (κ2) is 7.71. The van der Waals surface area contributed by atoms with Crippen LogP contribution in [-0.4, -0.2) is 37.0 Å². The molecule has 1 aromatic carbocycles. The minimum atomic E-state index is -3.48. The van der Waals surface area contributed by atoms with Gasteiger partial charge in [-0.3, -0.25) is 5.43 Å². The molecule has 1 aliphatic heterocycles. The Morgan fingerprint density at radius 1 is 1.08 bits per heavy atom. The molecule has 132 valence electrons. The number of piperidine rings is 1. The van der Waals surface area contributed by atoms with E-state index in [-0.39, 0.29) is 10.7 Å². The highest BCUT2D eigenvalue weighted by atomic mass is 32.2. The SMILES string of the molecule is O=S(=O)(c1ccc(N/N=C/c2ccc(F)cc2)nc1)N1CCCCC1. The average Bonchev–Trinajstić information content (AvgIpc) is 2.64. The number of nitrogens with one attached hydrogen (secondary N) is 1. The molecular formula is C17H19FN4O2S. The fourth-order valence-electron chi connectivity index (χ4n) is 2.58. The third kappa shape index (κ3) is 4.40. The Bertz CT molecular complexity index is 830. The molecule has 0 aliphatic carbocycles. The van der Waals surface area contributed by atoms with E-state index in [2.05, 4.69) is 15.5 Å². The summed E-state index contributed by atoms with van der Waals surface area (Å²) in [4.78, 5) is 4.28. The Hall–Kier alpha value is -2.32. The standard InChI is InChI=1S/C17H19FN4O2S/c18-15-6-4-14(5-7-15)12-20-21-17-9-8-16(13-19-17)25(23,24)22-10-2-1-3-11-22/h4-9,12-13H,1-3,10-11H2,(H,19,21)/b20-12+. The van der Waals surface area contributed by atoms with Gasteiger partial charge in [-0.25, -0.2) is 17.8 Å². The van der Waals surface area contributed by atoms with Crippen molar-refractivity contribution in [2.45, 2.75) is 24.2 Å². The van der Waals surface area contributed by atoms with E-state index in [1.54, 1.807) is 18.2 Å². The van der Waals surface area contributed by atoms with E-state index < -0.39 is 10.0 Å². The molecular weight excluding hydrogens is 343 g/mol. The number of rotatable bonds is 5. The number of sulfonamides is 1. The first-order chi connectivity index (χ1) is 12.1. The van der Waals surface area contributed by atoms with Gasteiger partial charge in [0, 0.05) is 19.3 Å². The van der Waals surface area contributed by atoms with Crippen LogP contribution in [0.25, 0.3) is 0 Å². The second-order valence-electron chi connectivity index (χ2n) is 5.77. The van der Waals surface area contributed by atoms with E-state index in [4.69, 9.17) is 0 Å². The molecule has 0 spiro atoms. The van der Waals surface area contributed by atoms with Crippen LogP contribution in [0.2, 0.25) is 0 Å². The lowest BCUT2D eigenvalue weighted by Gasteiger charge is -2.25. The molecule has 1 aromatic heterocycles. The summed E-state index contributed by atoms with van der Waals surface area (Å²) in [7, 11) is -3.48. The number of benzene rings is 1. The van der Waals surface area contributed by atoms with Crippen LogP contribution in [0.3, 0.4) is 0 Å². The van der Waals surface area contributed by atoms with Crippen LogP contribution < -0.4 is 5.43 Å². The van der Waals surface area contributed by atoms with Gasteiger partial charge in [0.2, 0.25) is 10.0 Å². The summed E-state index contributed by atoms with van der Waals surface area (Å²) in [5, 5.41) is 4.00. The van der Waals surface area contributed by atoms with Crippen molar-refractivity contribution in [3.63, 3.8) is 0 Å². The maximum absolute atomic E-state index is 12.8. The van der Waals surface area contributed by atoms with E-state index in [9.17, 15) is 12.8 Å². The smallest absolute Gasteiger partial charge is 0.244 e. The zero-order valence-corrected chi connectivity index (χ0v) is 14.4. The lowest BCUT2D eigenvalue weighted by molar-refractivity contribution is 0.346. The van der Waals surface area contributed by atoms with E-state index in [1.807, 2.05) is 0 Å². The van der Waals surface area contributed by atoms with Gasteiger partial charge in [0.25, 0.3) is 0 Å². The molecule has 1 aliphatic rings. The number of hydrogen-bond donors (Lipinski definition) is 1. The highest BCUT2D eigenvalue weighted by molar-refractivity contribution is 7.89. The molecule has 1 N–H and O–H groups in total. The van der Waals surface area contributed by atoms with E-state index in [1.165, 1.54) is 34.9 Å². The van der Waals surface area contributed by atoms with Crippen molar-refractivity contribution >= 4 is 22.1 Å². The summed E-state index contributed by atoms with van der Waals surface area (Å²) in [6.07, 6.45) is 5.72. The highest BCUT2D eigenvalue weighted by Crippen LogP contribution is 2.20. The van der Waals surface area contributed by atoms with Gasteiger partial charge in [-0.15, -0.1) is 0 Å². The van der Waals surface area contributed by atoms with Gasteiger partial charge in [-0.1, -0.05) is 18.6 Å². The molecule has 2 aromatic rings. The molecule has 8 heteroatoms. The first kappa shape index (κ1) is 17.5. The van der Waals surface area contributed by atoms with Gasteiger partial charge in [0.05, 0.1) is 6.21 Å². The number of pyridine rings is 1. The molecule has 1 saturated heterocycles. The Labute approximate surface area is 146 Å². The van der Waals surface area contributed by atoms with Crippen molar-refractivity contribution in [3.8, 4) is 0 Å². The van der Waals surface area contributed by atoms with Crippen LogP contribution in [0, 0.1) is 5.82 Å². The van der Waals surface area contributed by atoms with E-state index in [0.29, 0.717) is 18.9 Å². The zero-order valence-electron chi connectivity index (χ0n) is 13.6. The average molecular weight is 362 g/mol. The Balaban J connectivity index is 1.64. The normalized spacial score (nSPS) is 16.2. The molecule has 2 heterocycles. The summed E-state index contributed by atoms with van der Waals surface area (Å²) < 4.78 is 39.4. The molecule has 0 bridgehead atoms. The fourth-order valence-corrected chi connectivity index (χ4v) is 4.04. The van der Waals surface area contributed by atoms with Crippen molar-refractivity contribution in [1.82, 2.24) is 9.29 Å². The van der Waals surface area contributed by atoms with E-state index >= 15 is 0 Å². The Morgan fingerprint density at radius 3 is 2.44 bits per heavy atom. The van der Waals surface area contributed by atoms with Gasteiger partial charge in [-0.2, -0.15) is 9.41 Å². The number of hydrazone groups is 1. The topological polar surface area (TPSA) is 74.7 Å². The first-order valence-corrected chi connectivity index (χ1v) is 9.50. The molecule has 6 nitrogen and oxygen atoms in total. The number of anilines is 1. The van der Waals surface area contributed by atoms with E-state index in [0.717, 1.165) is 24.8 Å². The third-order valence-electron chi connectivity index (χ3n) is 3.95. The van der Waals surface area contributed by atoms with Crippen LogP contribution in [-0.2, 0) is 10.0 Å². The van der Waals surface area contributed by atoms with Gasteiger partial charge >= 0.3 is 0 Å². The lowest BCUT2D eigenvalue weighted by Crippen LogP contribution is -2.35. The molecule has 0 unspecified atom stereocenters. The number of nitrogens with zero attached hydrogens (tertiary/aromatic N) is 3. The summed E-state index contributed by atoms with van der Waals surface area (Å²) >= 11 is 0. The largest absolute Gasteiger partial charge is 0.261 e. The first-order valence-electron chi connectivity index (χ1n) is 8.06. The minimum absolute atomic E-state index is 0.183. The van der Waals surface area contributed by atoms with Crippen LogP contribution >= 0.6 is 0 Å². The predicted octanol–water partition coefficient (Wildman–Crippen LogP) is 2.84. The molecule has 25 heavy (non-hydrogen) atoms. The quantitative estimate of drug-likeness (QED) is 0.656. The maximum Gasteiger partial charge on any atom is 0.244 e. The predicted molar refractivity (Wildman–Crippen MR) is 94.5 cm³/mol. The fraction of sp³-hybridized carbons (Fsp3) is 0.294. The van der Waals surface area contributed by atoms with Gasteiger partial charge in [0.15, 0.2) is 0 Å². The van der Waals surface area contributed by atoms with Crippen molar-refractivity contribution in [2.75, 3.05) is 18.5 Å². The summed E-state index contributed by atoms with van der Waals surface area (Å²) in [5.41, 5.74) is 3.46. The number of halogens is 1. The molecule has 0 saturated carbocycles. The third-order valence-corrected chi connectivity index (χ3v) is 5.83. The minimum Gasteiger partial charge on any atom is -0.261 e. The molecule has 1 fully saturated rings. The van der Waals surface area contributed by atoms with Crippen molar-refractivity contribution in [1.29, 1.82) is 0 Å². The molecule has 0 amide bonds. The Kier molecular flexibility index (Phi) is 5.40. The van der Waals surface area contributed by atoms with Crippen LogP contribution in [0.4, 0.5) is 10.2 Å². The van der Waals surface area contributed by atoms with Crippen molar-refractivity contribution in [2.24, 2.45) is 5.10 Å². The molecule has 0 atom stereocenters. The van der Waals surface area contributed by atoms with Gasteiger partial charge < -0.3 is 0 Å². The summed E-state index contributed by atoms with van der Waals surface area (Å²) in [6.45, 7) is 1.12. The van der Waals surface area contributed by atoms with Crippen molar-refractivity contribution in [3.05, 3.63) is 54.0 Å². The van der Waals surface area contributed by atoms with Crippen molar-refractivity contribution < 1.29 is 12.8 Å².